The lowest BCUT2D eigenvalue weighted by molar-refractivity contribution is -0.360. The molecule has 3 aliphatic rings. The second-order valence-electron chi connectivity index (χ2n) is 11.4. The van der Waals surface area contributed by atoms with Crippen LogP contribution in [0.15, 0.2) is 91.0 Å². The third-order valence-electron chi connectivity index (χ3n) is 8.94. The van der Waals surface area contributed by atoms with Crippen molar-refractivity contribution in [3.63, 3.8) is 0 Å². The smallest absolute Gasteiger partial charge is 0.144 e. The van der Waals surface area contributed by atoms with E-state index in [1.165, 1.54) is 72.0 Å². The quantitative estimate of drug-likeness (QED) is 0.175. The van der Waals surface area contributed by atoms with E-state index in [4.69, 9.17) is 19.2 Å². The van der Waals surface area contributed by atoms with Crippen molar-refractivity contribution in [1.29, 1.82) is 0 Å². The number of benzene rings is 5. The van der Waals surface area contributed by atoms with Gasteiger partial charge in [0.25, 0.3) is 0 Å². The number of ether oxygens (including phenoxy) is 2. The molecule has 0 amide bonds. The van der Waals surface area contributed by atoms with Gasteiger partial charge in [0.05, 0.1) is 14.2 Å². The van der Waals surface area contributed by atoms with Crippen molar-refractivity contribution in [2.75, 3.05) is 14.2 Å². The maximum atomic E-state index is 6.21. The van der Waals surface area contributed by atoms with E-state index in [2.05, 4.69) is 73.7 Å². The minimum Gasteiger partial charge on any atom is -0.497 e. The van der Waals surface area contributed by atoms with E-state index < -0.39 is 0 Å². The zero-order chi connectivity index (χ0) is 29.1. The normalized spacial score (nSPS) is 16.8. The van der Waals surface area contributed by atoms with E-state index in [-0.39, 0.29) is 12.2 Å². The highest BCUT2D eigenvalue weighted by atomic mass is 32.1. The Morgan fingerprint density at radius 1 is 0.674 bits per heavy atom. The molecular weight excluding hydrogens is 552 g/mol. The van der Waals surface area contributed by atoms with Gasteiger partial charge < -0.3 is 9.47 Å². The summed E-state index contributed by atoms with van der Waals surface area (Å²) in [5, 5.41) is 3.73. The summed E-state index contributed by atoms with van der Waals surface area (Å²) in [6, 6.07) is 32.6. The Labute approximate surface area is 255 Å². The highest BCUT2D eigenvalue weighted by Gasteiger charge is 2.44. The van der Waals surface area contributed by atoms with Crippen molar-refractivity contribution in [3.05, 3.63) is 118 Å². The number of hydrogen-bond donors (Lipinski definition) is 0. The van der Waals surface area contributed by atoms with E-state index >= 15 is 0 Å². The molecule has 6 aromatic rings. The van der Waals surface area contributed by atoms with Gasteiger partial charge in [-0.25, -0.2) is 9.78 Å². The van der Waals surface area contributed by atoms with Crippen LogP contribution in [0.25, 0.3) is 43.1 Å². The molecule has 0 fully saturated rings. The number of aryl methyl sites for hydroxylation is 1. The molecule has 2 atom stereocenters. The number of methoxy groups -OCH3 is 2. The van der Waals surface area contributed by atoms with Crippen molar-refractivity contribution >= 4 is 32.2 Å². The van der Waals surface area contributed by atoms with Crippen LogP contribution >= 0.6 is 11.3 Å². The van der Waals surface area contributed by atoms with Crippen LogP contribution in [0.1, 0.15) is 59.1 Å². The van der Waals surface area contributed by atoms with Gasteiger partial charge in [-0.05, 0) is 105 Å². The van der Waals surface area contributed by atoms with Crippen molar-refractivity contribution in [2.24, 2.45) is 0 Å². The molecule has 2 unspecified atom stereocenters. The highest BCUT2D eigenvalue weighted by molar-refractivity contribution is 7.19. The lowest BCUT2D eigenvalue weighted by atomic mass is 9.72. The Bertz CT molecular complexity index is 1850. The van der Waals surface area contributed by atoms with Gasteiger partial charge in [0.1, 0.15) is 23.7 Å². The van der Waals surface area contributed by atoms with E-state index in [1.54, 1.807) is 14.2 Å². The van der Waals surface area contributed by atoms with Crippen LogP contribution in [-0.4, -0.2) is 14.2 Å². The van der Waals surface area contributed by atoms with Crippen LogP contribution in [0.2, 0.25) is 0 Å². The number of rotatable bonds is 7. The second-order valence-corrected chi connectivity index (χ2v) is 12.5. The van der Waals surface area contributed by atoms with Crippen molar-refractivity contribution in [2.45, 2.75) is 38.4 Å². The predicted molar refractivity (Wildman–Crippen MR) is 174 cm³/mol. The van der Waals surface area contributed by atoms with Gasteiger partial charge in [-0.3, -0.25) is 0 Å². The van der Waals surface area contributed by atoms with Gasteiger partial charge >= 0.3 is 0 Å². The maximum absolute atomic E-state index is 6.21. The third kappa shape index (κ3) is 4.18. The van der Waals surface area contributed by atoms with Crippen LogP contribution < -0.4 is 9.47 Å². The molecule has 214 valence electrons. The lowest BCUT2D eigenvalue weighted by Gasteiger charge is -2.41. The molecular formula is C38H32O4S. The molecule has 0 saturated heterocycles. The fourth-order valence-corrected chi connectivity index (χ4v) is 8.01. The Balaban J connectivity index is 1.51. The van der Waals surface area contributed by atoms with Crippen molar-refractivity contribution in [1.82, 2.24) is 0 Å². The average Bonchev–Trinajstić information content (AvgIpc) is 3.47. The molecule has 4 nitrogen and oxygen atoms in total. The largest absolute Gasteiger partial charge is 0.497 e. The molecule has 5 aromatic carbocycles. The topological polar surface area (TPSA) is 36.9 Å². The first-order valence-corrected chi connectivity index (χ1v) is 15.8. The fourth-order valence-electron chi connectivity index (χ4n) is 6.88. The molecule has 43 heavy (non-hydrogen) atoms. The van der Waals surface area contributed by atoms with Gasteiger partial charge in [0.15, 0.2) is 0 Å². The summed E-state index contributed by atoms with van der Waals surface area (Å²) in [5.74, 6) is 1.67. The lowest BCUT2D eigenvalue weighted by Crippen LogP contribution is -2.30. The van der Waals surface area contributed by atoms with E-state index in [0.29, 0.717) is 0 Å². The Morgan fingerprint density at radius 3 is 1.72 bits per heavy atom. The first-order valence-electron chi connectivity index (χ1n) is 14.9. The molecule has 1 aromatic heterocycles. The van der Waals surface area contributed by atoms with E-state index in [9.17, 15) is 0 Å². The molecule has 5 heteroatoms. The molecule has 9 rings (SSSR count). The van der Waals surface area contributed by atoms with E-state index in [0.717, 1.165) is 29.0 Å². The summed E-state index contributed by atoms with van der Waals surface area (Å²) in [7, 11) is 3.42. The molecule has 2 bridgehead atoms. The van der Waals surface area contributed by atoms with Crippen LogP contribution in [0.3, 0.4) is 0 Å². The number of fused-ring (bicyclic) bond motifs is 3. The Kier molecular flexibility index (Phi) is 6.48. The number of thiophene rings is 1. The average molecular weight is 585 g/mol. The van der Waals surface area contributed by atoms with Crippen LogP contribution in [0.5, 0.6) is 11.5 Å². The first kappa shape index (κ1) is 26.5. The summed E-state index contributed by atoms with van der Waals surface area (Å²) in [4.78, 5) is 13.9. The van der Waals surface area contributed by atoms with Gasteiger partial charge in [0, 0.05) is 20.7 Å². The van der Waals surface area contributed by atoms with Gasteiger partial charge in [0.2, 0.25) is 0 Å². The molecule has 2 aliphatic heterocycles. The summed E-state index contributed by atoms with van der Waals surface area (Å²) in [6.07, 6.45) is 2.82. The molecule has 0 radical (unpaired) electrons. The molecule has 3 heterocycles. The minimum absolute atomic E-state index is 0.339. The highest BCUT2D eigenvalue weighted by Crippen LogP contribution is 2.58. The standard InChI is InChI=1S/C38H32O4S/c1-4-5-8-27-19-24-20-30-31(21-32(24)43-27)34(23-13-17-26(40-3)18-14-23)36-35(33(30)22-11-15-25(39-2)16-12-22)37-28-9-6-7-10-29(28)38(36)42-41-37/h6-7,9-21,37-38H,4-5,8H2,1-3H3. The first-order chi connectivity index (χ1) is 21.2. The fraction of sp³-hybridized carbons (Fsp3) is 0.211. The molecule has 0 saturated carbocycles. The Morgan fingerprint density at radius 2 is 1.21 bits per heavy atom. The zero-order valence-corrected chi connectivity index (χ0v) is 25.3. The summed E-state index contributed by atoms with van der Waals surface area (Å²) < 4.78 is 12.4. The zero-order valence-electron chi connectivity index (χ0n) is 24.5. The van der Waals surface area contributed by atoms with Crippen LogP contribution in [0.4, 0.5) is 0 Å². The number of hydrogen-bond acceptors (Lipinski definition) is 5. The van der Waals surface area contributed by atoms with Crippen LogP contribution in [-0.2, 0) is 16.2 Å². The Hall–Kier alpha value is -4.16. The minimum atomic E-state index is -0.340. The van der Waals surface area contributed by atoms with Crippen molar-refractivity contribution < 1.29 is 19.2 Å². The molecule has 0 spiro atoms. The predicted octanol–water partition coefficient (Wildman–Crippen LogP) is 10.2. The van der Waals surface area contributed by atoms with Gasteiger partial charge in [-0.2, -0.15) is 0 Å². The SMILES string of the molecule is CCCCc1cc2cc3c(-c4ccc(OC)cc4)c4c(c(-c5ccc(OC)cc5)c3cc2s1)C1OOC4c2ccccc21. The van der Waals surface area contributed by atoms with Crippen LogP contribution in [0, 0.1) is 0 Å². The molecule has 0 N–H and O–H groups in total. The maximum Gasteiger partial charge on any atom is 0.144 e. The third-order valence-corrected chi connectivity index (χ3v) is 10.1. The number of unbranched alkanes of at least 4 members (excludes halogenated alkanes) is 1. The summed E-state index contributed by atoms with van der Waals surface area (Å²) in [5.41, 5.74) is 9.36. The van der Waals surface area contributed by atoms with Gasteiger partial charge in [-0.1, -0.05) is 61.9 Å². The van der Waals surface area contributed by atoms with Gasteiger partial charge in [-0.15, -0.1) is 11.3 Å². The molecule has 1 aliphatic carbocycles. The monoisotopic (exact) mass is 584 g/mol. The second kappa shape index (κ2) is 10.5. The van der Waals surface area contributed by atoms with E-state index in [1.807, 2.05) is 35.6 Å². The summed E-state index contributed by atoms with van der Waals surface area (Å²) >= 11 is 1.92. The summed E-state index contributed by atoms with van der Waals surface area (Å²) in [6.45, 7) is 2.25. The van der Waals surface area contributed by atoms with Crippen molar-refractivity contribution in [3.8, 4) is 33.8 Å².